The summed E-state index contributed by atoms with van der Waals surface area (Å²) in [5, 5.41) is 19.5. The normalized spacial score (nSPS) is 13.5. The van der Waals surface area contributed by atoms with Crippen LogP contribution in [0.15, 0.2) is 109 Å². The Labute approximate surface area is 270 Å². The molecule has 1 aliphatic rings. The van der Waals surface area contributed by atoms with Gasteiger partial charge in [0, 0.05) is 23.1 Å². The zero-order chi connectivity index (χ0) is 30.1. The molecular weight excluding hydrogens is 711 g/mol. The second kappa shape index (κ2) is 15.8. The topological polar surface area (TPSA) is 59.8 Å². The summed E-state index contributed by atoms with van der Waals surface area (Å²) in [6, 6.07) is 41.3. The number of pyridine rings is 1. The van der Waals surface area contributed by atoms with Gasteiger partial charge in [-0.05, 0) is 75.7 Å². The summed E-state index contributed by atoms with van der Waals surface area (Å²) in [5.74, 6) is 0. The second-order valence-corrected chi connectivity index (χ2v) is 11.4. The molecule has 43 heavy (non-hydrogen) atoms. The number of aliphatic hydroxyl groups is 2. The van der Waals surface area contributed by atoms with Crippen molar-refractivity contribution in [2.45, 2.75) is 58.8 Å². The molecule has 0 radical (unpaired) electrons. The van der Waals surface area contributed by atoms with E-state index in [1.165, 1.54) is 22.1 Å². The van der Waals surface area contributed by atoms with Crippen molar-refractivity contribution in [1.82, 2.24) is 4.98 Å². The molecule has 2 heterocycles. The summed E-state index contributed by atoms with van der Waals surface area (Å²) in [4.78, 5) is 8.95. The third kappa shape index (κ3) is 9.22. The molecular formula is C37H40IrN3O2. The van der Waals surface area contributed by atoms with Gasteiger partial charge in [-0.15, -0.1) is 41.6 Å². The van der Waals surface area contributed by atoms with Gasteiger partial charge in [-0.25, -0.2) is 0 Å². The standard InChI is InChI=1S/C17H18N2.C15H10N.C5H12O2.Ir/c1-17(2,3)19-13-18(14-9-5-4-6-10-14)15-11-7-8-12-16(15)19;1-2-7-13(8-3-1)15-14-9-5-4-6-12(14)10-11-16-15;1-4(6)3-5(2)7;/h4-9,11-13H,1-3H3;1-7,9-11H;4-7H,3H2,1-2H3;/q-2;-1;;+3. The van der Waals surface area contributed by atoms with E-state index in [0.29, 0.717) is 6.42 Å². The summed E-state index contributed by atoms with van der Waals surface area (Å²) in [6.45, 7) is 12.1. The molecule has 0 amide bonds. The molecule has 224 valence electrons. The number of para-hydroxylation sites is 3. The molecule has 0 bridgehead atoms. The maximum atomic E-state index is 8.56. The van der Waals surface area contributed by atoms with Crippen molar-refractivity contribution in [3.8, 4) is 11.3 Å². The Morgan fingerprint density at radius 3 is 1.95 bits per heavy atom. The molecule has 2 N–H and O–H groups in total. The van der Waals surface area contributed by atoms with Crippen LogP contribution in [0.25, 0.3) is 22.0 Å². The van der Waals surface area contributed by atoms with Gasteiger partial charge in [0.05, 0.1) is 12.2 Å². The van der Waals surface area contributed by atoms with Gasteiger partial charge in [-0.3, -0.25) is 0 Å². The third-order valence-corrected chi connectivity index (χ3v) is 6.63. The molecule has 6 rings (SSSR count). The monoisotopic (exact) mass is 751 g/mol. The molecule has 0 saturated carbocycles. The Bertz CT molecular complexity index is 1530. The fourth-order valence-corrected chi connectivity index (χ4v) is 4.74. The Balaban J connectivity index is 0.000000192. The quantitative estimate of drug-likeness (QED) is 0.182. The van der Waals surface area contributed by atoms with Crippen molar-refractivity contribution >= 4 is 27.8 Å². The van der Waals surface area contributed by atoms with Gasteiger partial charge in [0.2, 0.25) is 0 Å². The molecule has 6 heteroatoms. The van der Waals surface area contributed by atoms with Crippen LogP contribution in [-0.4, -0.2) is 32.9 Å². The zero-order valence-corrected chi connectivity index (χ0v) is 27.8. The Morgan fingerprint density at radius 2 is 1.37 bits per heavy atom. The summed E-state index contributed by atoms with van der Waals surface area (Å²) >= 11 is 0. The molecule has 4 aromatic carbocycles. The van der Waals surface area contributed by atoms with Crippen LogP contribution in [0, 0.1) is 18.8 Å². The van der Waals surface area contributed by atoms with Gasteiger partial charge in [0.25, 0.3) is 0 Å². The fourth-order valence-electron chi connectivity index (χ4n) is 4.74. The Hall–Kier alpha value is -3.54. The number of benzene rings is 4. The predicted molar refractivity (Wildman–Crippen MR) is 174 cm³/mol. The Kier molecular flexibility index (Phi) is 12.5. The van der Waals surface area contributed by atoms with Crippen LogP contribution in [-0.2, 0) is 20.1 Å². The van der Waals surface area contributed by atoms with Crippen LogP contribution in [0.3, 0.4) is 0 Å². The number of fused-ring (bicyclic) bond motifs is 2. The average molecular weight is 751 g/mol. The minimum atomic E-state index is -0.375. The van der Waals surface area contributed by atoms with E-state index >= 15 is 0 Å². The van der Waals surface area contributed by atoms with Gasteiger partial charge < -0.3 is 25.0 Å². The molecule has 2 unspecified atom stereocenters. The summed E-state index contributed by atoms with van der Waals surface area (Å²) in [7, 11) is 0. The number of anilines is 3. The van der Waals surface area contributed by atoms with Crippen LogP contribution < -0.4 is 9.80 Å². The van der Waals surface area contributed by atoms with Crippen molar-refractivity contribution in [1.29, 1.82) is 0 Å². The van der Waals surface area contributed by atoms with E-state index in [-0.39, 0.29) is 37.9 Å². The first-order valence-electron chi connectivity index (χ1n) is 14.3. The minimum Gasteiger partial charge on any atom is -0.497 e. The number of aliphatic hydroxyl groups excluding tert-OH is 2. The number of hydrogen-bond donors (Lipinski definition) is 2. The first kappa shape index (κ1) is 34.0. The van der Waals surface area contributed by atoms with Crippen molar-refractivity contribution in [3.05, 3.63) is 128 Å². The number of aromatic nitrogens is 1. The molecule has 1 aromatic heterocycles. The maximum Gasteiger partial charge on any atom is 3.00 e. The minimum absolute atomic E-state index is 0. The van der Waals surface area contributed by atoms with E-state index in [0.717, 1.165) is 16.9 Å². The summed E-state index contributed by atoms with van der Waals surface area (Å²) < 4.78 is 0. The van der Waals surface area contributed by atoms with Gasteiger partial charge >= 0.3 is 20.1 Å². The van der Waals surface area contributed by atoms with E-state index < -0.39 is 0 Å². The van der Waals surface area contributed by atoms with Crippen LogP contribution >= 0.6 is 0 Å². The van der Waals surface area contributed by atoms with Crippen LogP contribution in [0.1, 0.15) is 41.0 Å². The van der Waals surface area contributed by atoms with E-state index in [1.54, 1.807) is 13.8 Å². The fraction of sp³-hybridized carbons (Fsp3) is 0.243. The van der Waals surface area contributed by atoms with E-state index in [2.05, 4.69) is 96.8 Å². The zero-order valence-electron chi connectivity index (χ0n) is 25.4. The van der Waals surface area contributed by atoms with Gasteiger partial charge in [-0.2, -0.15) is 37.0 Å². The predicted octanol–water partition coefficient (Wildman–Crippen LogP) is 8.20. The van der Waals surface area contributed by atoms with Crippen molar-refractivity contribution in [3.63, 3.8) is 0 Å². The van der Waals surface area contributed by atoms with Gasteiger partial charge in [0.15, 0.2) is 0 Å². The second-order valence-electron chi connectivity index (χ2n) is 11.4. The number of hydrogen-bond acceptors (Lipinski definition) is 5. The largest absolute Gasteiger partial charge is 3.00 e. The molecule has 2 atom stereocenters. The number of nitrogens with zero attached hydrogens (tertiary/aromatic N) is 3. The Morgan fingerprint density at radius 1 is 0.767 bits per heavy atom. The third-order valence-electron chi connectivity index (χ3n) is 6.63. The summed E-state index contributed by atoms with van der Waals surface area (Å²) in [5.41, 5.74) is 5.62. The average Bonchev–Trinajstić information content (AvgIpc) is 3.38. The maximum absolute atomic E-state index is 8.56. The molecule has 5 aromatic rings. The molecule has 0 fully saturated rings. The van der Waals surface area contributed by atoms with Crippen LogP contribution in [0.5, 0.6) is 0 Å². The first-order valence-corrected chi connectivity index (χ1v) is 14.3. The van der Waals surface area contributed by atoms with E-state index in [4.69, 9.17) is 10.2 Å². The number of rotatable bonds is 4. The molecule has 1 aliphatic heterocycles. The molecule has 0 spiro atoms. The SMILES string of the molecule is CC(C)(C)N1[CH-]N(c2[c-]cccc2)c2ccccc21.CC(O)CC(C)O.[Ir+3].[c-]1ccccc1-c1nccc2ccccc12. The van der Waals surface area contributed by atoms with Crippen molar-refractivity contribution < 1.29 is 30.3 Å². The molecule has 0 aliphatic carbocycles. The summed E-state index contributed by atoms with van der Waals surface area (Å²) in [6.07, 6.45) is 1.57. The van der Waals surface area contributed by atoms with Gasteiger partial charge in [0.1, 0.15) is 0 Å². The van der Waals surface area contributed by atoms with Crippen LogP contribution in [0.2, 0.25) is 0 Å². The van der Waals surface area contributed by atoms with Gasteiger partial charge in [-0.1, -0.05) is 36.4 Å². The van der Waals surface area contributed by atoms with Crippen LogP contribution in [0.4, 0.5) is 17.1 Å². The molecule has 5 nitrogen and oxygen atoms in total. The van der Waals surface area contributed by atoms with Crippen molar-refractivity contribution in [2.75, 3.05) is 9.80 Å². The molecule has 0 saturated heterocycles. The van der Waals surface area contributed by atoms with E-state index in [1.807, 2.05) is 66.9 Å². The first-order chi connectivity index (χ1) is 20.1. The van der Waals surface area contributed by atoms with Crippen molar-refractivity contribution in [2.24, 2.45) is 0 Å². The van der Waals surface area contributed by atoms with E-state index in [9.17, 15) is 0 Å². The smallest absolute Gasteiger partial charge is 0.497 e.